The van der Waals surface area contributed by atoms with Crippen LogP contribution in [0.4, 0.5) is 0 Å². The fraction of sp³-hybridized carbons (Fsp3) is 0.273. The van der Waals surface area contributed by atoms with Gasteiger partial charge in [0.2, 0.25) is 0 Å². The molecule has 0 heterocycles. The highest BCUT2D eigenvalue weighted by Crippen LogP contribution is 2.06. The first-order valence-corrected chi connectivity index (χ1v) is 7.97. The monoisotopic (exact) mass is 286 g/mol. The smallest absolute Gasteiger partial charge is 0.0340 e. The summed E-state index contributed by atoms with van der Waals surface area (Å²) in [4.78, 5) is 0. The standard InChI is InChI=1S/C22H22/c1-3-5-6-7-8-20-13-15-22(16-14-20)18-17-21-11-9-19(4-2)10-12-21/h9-16H,3-5,8H2,1-2H3. The van der Waals surface area contributed by atoms with Crippen molar-refractivity contribution >= 4 is 0 Å². The quantitative estimate of drug-likeness (QED) is 0.697. The molecule has 2 aromatic carbocycles. The molecular weight excluding hydrogens is 264 g/mol. The van der Waals surface area contributed by atoms with Crippen LogP contribution in [0.2, 0.25) is 0 Å². The Balaban J connectivity index is 1.99. The molecule has 0 N–H and O–H groups in total. The van der Waals surface area contributed by atoms with Crippen LogP contribution in [0.5, 0.6) is 0 Å². The van der Waals surface area contributed by atoms with Gasteiger partial charge < -0.3 is 0 Å². The zero-order valence-electron chi connectivity index (χ0n) is 13.4. The molecule has 0 aliphatic heterocycles. The Bertz CT molecular complexity index is 695. The zero-order chi connectivity index (χ0) is 15.6. The molecule has 0 aromatic heterocycles. The van der Waals surface area contributed by atoms with Crippen LogP contribution in [0, 0.1) is 23.7 Å². The minimum absolute atomic E-state index is 0.826. The van der Waals surface area contributed by atoms with Crippen LogP contribution in [0.25, 0.3) is 0 Å². The van der Waals surface area contributed by atoms with Crippen molar-refractivity contribution in [3.8, 4) is 23.7 Å². The first kappa shape index (κ1) is 15.9. The van der Waals surface area contributed by atoms with Gasteiger partial charge in [-0.25, -0.2) is 0 Å². The Morgan fingerprint density at radius 1 is 0.682 bits per heavy atom. The molecular formula is C22H22. The van der Waals surface area contributed by atoms with Crippen molar-refractivity contribution in [2.75, 3.05) is 0 Å². The third-order valence-electron chi connectivity index (χ3n) is 3.46. The lowest BCUT2D eigenvalue weighted by atomic mass is 10.1. The SMILES string of the molecule is CCCC#CCc1ccc(C#Cc2ccc(CC)cc2)cc1. The summed E-state index contributed by atoms with van der Waals surface area (Å²) < 4.78 is 0. The minimum Gasteiger partial charge on any atom is -0.103 e. The molecule has 2 aromatic rings. The Morgan fingerprint density at radius 3 is 1.73 bits per heavy atom. The minimum atomic E-state index is 0.826. The molecule has 0 aliphatic rings. The summed E-state index contributed by atoms with van der Waals surface area (Å²) in [5.41, 5.74) is 4.71. The molecule has 22 heavy (non-hydrogen) atoms. The third kappa shape index (κ3) is 5.16. The summed E-state index contributed by atoms with van der Waals surface area (Å²) in [6.07, 6.45) is 4.00. The van der Waals surface area contributed by atoms with Gasteiger partial charge >= 0.3 is 0 Å². The highest BCUT2D eigenvalue weighted by molar-refractivity contribution is 5.44. The van der Waals surface area contributed by atoms with Gasteiger partial charge in [-0.2, -0.15) is 0 Å². The Labute approximate surface area is 134 Å². The van der Waals surface area contributed by atoms with Crippen LogP contribution in [0.1, 0.15) is 48.9 Å². The van der Waals surface area contributed by atoms with E-state index in [0.717, 1.165) is 36.8 Å². The van der Waals surface area contributed by atoms with E-state index in [0.29, 0.717) is 0 Å². The van der Waals surface area contributed by atoms with Crippen LogP contribution in [0.3, 0.4) is 0 Å². The van der Waals surface area contributed by atoms with Crippen LogP contribution in [0.15, 0.2) is 48.5 Å². The number of hydrogen-bond acceptors (Lipinski definition) is 0. The number of unbranched alkanes of at least 4 members (excludes halogenated alkanes) is 1. The number of aryl methyl sites for hydroxylation is 1. The van der Waals surface area contributed by atoms with E-state index in [2.05, 4.69) is 86.1 Å². The van der Waals surface area contributed by atoms with Crippen LogP contribution < -0.4 is 0 Å². The lowest BCUT2D eigenvalue weighted by molar-refractivity contribution is 0.981. The van der Waals surface area contributed by atoms with Gasteiger partial charge in [-0.1, -0.05) is 55.9 Å². The second kappa shape index (κ2) is 8.76. The van der Waals surface area contributed by atoms with Gasteiger partial charge in [-0.05, 0) is 48.2 Å². The van der Waals surface area contributed by atoms with Gasteiger partial charge in [0, 0.05) is 24.0 Å². The van der Waals surface area contributed by atoms with Gasteiger partial charge in [0.1, 0.15) is 0 Å². The first-order valence-electron chi connectivity index (χ1n) is 7.97. The Hall–Kier alpha value is -2.44. The predicted octanol–water partition coefficient (Wildman–Crippen LogP) is 4.99. The number of hydrogen-bond donors (Lipinski definition) is 0. The summed E-state index contributed by atoms with van der Waals surface area (Å²) >= 11 is 0. The maximum absolute atomic E-state index is 3.22. The van der Waals surface area contributed by atoms with E-state index in [1.165, 1.54) is 11.1 Å². The van der Waals surface area contributed by atoms with Crippen molar-refractivity contribution in [3.05, 3.63) is 70.8 Å². The van der Waals surface area contributed by atoms with Gasteiger partial charge in [-0.3, -0.25) is 0 Å². The second-order valence-electron chi connectivity index (χ2n) is 5.28. The fourth-order valence-electron chi connectivity index (χ4n) is 2.05. The predicted molar refractivity (Wildman–Crippen MR) is 94.6 cm³/mol. The van der Waals surface area contributed by atoms with Crippen molar-refractivity contribution < 1.29 is 0 Å². The lowest BCUT2D eigenvalue weighted by Gasteiger charge is -1.96. The maximum atomic E-state index is 3.22. The van der Waals surface area contributed by atoms with E-state index in [4.69, 9.17) is 0 Å². The molecule has 110 valence electrons. The summed E-state index contributed by atoms with van der Waals surface area (Å²) in [5.74, 6) is 12.8. The first-order chi connectivity index (χ1) is 10.8. The zero-order valence-corrected chi connectivity index (χ0v) is 13.4. The molecule has 0 unspecified atom stereocenters. The Morgan fingerprint density at radius 2 is 1.23 bits per heavy atom. The van der Waals surface area contributed by atoms with E-state index in [1.54, 1.807) is 0 Å². The van der Waals surface area contributed by atoms with E-state index >= 15 is 0 Å². The maximum Gasteiger partial charge on any atom is 0.0340 e. The molecule has 0 fully saturated rings. The normalized spacial score (nSPS) is 9.36. The third-order valence-corrected chi connectivity index (χ3v) is 3.46. The van der Waals surface area contributed by atoms with Gasteiger partial charge in [0.25, 0.3) is 0 Å². The second-order valence-corrected chi connectivity index (χ2v) is 5.28. The molecule has 0 atom stereocenters. The summed E-state index contributed by atoms with van der Waals surface area (Å²) in [5, 5.41) is 0. The lowest BCUT2D eigenvalue weighted by Crippen LogP contribution is -1.83. The number of benzene rings is 2. The van der Waals surface area contributed by atoms with E-state index in [-0.39, 0.29) is 0 Å². The van der Waals surface area contributed by atoms with Gasteiger partial charge in [-0.15, -0.1) is 5.92 Å². The van der Waals surface area contributed by atoms with Crippen molar-refractivity contribution in [1.29, 1.82) is 0 Å². The Kier molecular flexibility index (Phi) is 6.35. The summed E-state index contributed by atoms with van der Waals surface area (Å²) in [7, 11) is 0. The fourth-order valence-corrected chi connectivity index (χ4v) is 2.05. The number of rotatable bonds is 3. The molecule has 0 saturated carbocycles. The molecule has 0 bridgehead atoms. The van der Waals surface area contributed by atoms with Crippen LogP contribution in [-0.2, 0) is 12.8 Å². The highest BCUT2D eigenvalue weighted by Gasteiger charge is 1.92. The molecule has 0 nitrogen and oxygen atoms in total. The van der Waals surface area contributed by atoms with Crippen LogP contribution in [-0.4, -0.2) is 0 Å². The molecule has 0 heteroatoms. The average Bonchev–Trinajstić information content (AvgIpc) is 2.58. The molecule has 0 aliphatic carbocycles. The molecule has 2 rings (SSSR count). The largest absolute Gasteiger partial charge is 0.103 e. The summed E-state index contributed by atoms with van der Waals surface area (Å²) in [6, 6.07) is 16.8. The molecule has 0 radical (unpaired) electrons. The van der Waals surface area contributed by atoms with Crippen molar-refractivity contribution in [3.63, 3.8) is 0 Å². The van der Waals surface area contributed by atoms with Gasteiger partial charge in [0.15, 0.2) is 0 Å². The van der Waals surface area contributed by atoms with Crippen molar-refractivity contribution in [1.82, 2.24) is 0 Å². The average molecular weight is 286 g/mol. The molecule has 0 saturated heterocycles. The molecule has 0 amide bonds. The molecule has 0 spiro atoms. The summed E-state index contributed by atoms with van der Waals surface area (Å²) in [6.45, 7) is 4.31. The van der Waals surface area contributed by atoms with Crippen molar-refractivity contribution in [2.45, 2.75) is 39.5 Å². The van der Waals surface area contributed by atoms with E-state index < -0.39 is 0 Å². The van der Waals surface area contributed by atoms with E-state index in [9.17, 15) is 0 Å². The van der Waals surface area contributed by atoms with E-state index in [1.807, 2.05) is 0 Å². The topological polar surface area (TPSA) is 0 Å². The van der Waals surface area contributed by atoms with Gasteiger partial charge in [0.05, 0.1) is 0 Å². The highest BCUT2D eigenvalue weighted by atomic mass is 14.0. The van der Waals surface area contributed by atoms with Crippen molar-refractivity contribution in [2.24, 2.45) is 0 Å². The van der Waals surface area contributed by atoms with Crippen LogP contribution >= 0.6 is 0 Å².